The van der Waals surface area contributed by atoms with Crippen molar-refractivity contribution in [2.75, 3.05) is 45.9 Å². The lowest BCUT2D eigenvalue weighted by atomic mass is 9.91. The Morgan fingerprint density at radius 1 is 0.971 bits per heavy atom. The molecule has 3 saturated heterocycles. The third-order valence-corrected chi connectivity index (χ3v) is 7.44. The van der Waals surface area contributed by atoms with E-state index < -0.39 is 17.5 Å². The lowest BCUT2D eigenvalue weighted by Gasteiger charge is -2.46. The van der Waals surface area contributed by atoms with Gasteiger partial charge in [-0.25, -0.2) is 8.78 Å². The summed E-state index contributed by atoms with van der Waals surface area (Å²) in [5.74, 6) is -0.298. The van der Waals surface area contributed by atoms with Crippen molar-refractivity contribution < 1.29 is 18.3 Å². The van der Waals surface area contributed by atoms with Crippen LogP contribution in [0.2, 0.25) is 0 Å². The van der Waals surface area contributed by atoms with Gasteiger partial charge in [-0.15, -0.1) is 0 Å². The van der Waals surface area contributed by atoms with Gasteiger partial charge in [-0.3, -0.25) is 14.6 Å². The van der Waals surface area contributed by atoms with Crippen molar-refractivity contribution >= 4 is 5.91 Å². The zero-order valence-corrected chi connectivity index (χ0v) is 19.6. The summed E-state index contributed by atoms with van der Waals surface area (Å²) in [5.41, 5.74) is 1.13. The third-order valence-electron chi connectivity index (χ3n) is 7.44. The molecule has 0 unspecified atom stereocenters. The van der Waals surface area contributed by atoms with Gasteiger partial charge in [0, 0.05) is 44.7 Å². The lowest BCUT2D eigenvalue weighted by Crippen LogP contribution is -2.58. The minimum absolute atomic E-state index is 0.178. The SMILES string of the molecule is O=C(c1cc(F)ccc1F)N1CCN2C[C@H](COc3cccc(CN4CCCC4)c3)CC[C@H]2C1. The number of likely N-dealkylation sites (tertiary alicyclic amines) is 1. The molecule has 34 heavy (non-hydrogen) atoms. The molecule has 0 bridgehead atoms. The lowest BCUT2D eigenvalue weighted by molar-refractivity contribution is 0.0168. The maximum absolute atomic E-state index is 14.1. The van der Waals surface area contributed by atoms with Crippen LogP contribution in [0.4, 0.5) is 8.78 Å². The van der Waals surface area contributed by atoms with E-state index in [9.17, 15) is 13.6 Å². The summed E-state index contributed by atoms with van der Waals surface area (Å²) in [7, 11) is 0. The predicted molar refractivity (Wildman–Crippen MR) is 127 cm³/mol. The van der Waals surface area contributed by atoms with Gasteiger partial charge in [0.2, 0.25) is 0 Å². The smallest absolute Gasteiger partial charge is 0.257 e. The fraction of sp³-hybridized carbons (Fsp3) is 0.519. The highest BCUT2D eigenvalue weighted by Crippen LogP contribution is 2.27. The fourth-order valence-electron chi connectivity index (χ4n) is 5.56. The molecule has 2 atom stereocenters. The average Bonchev–Trinajstić information content (AvgIpc) is 3.36. The molecule has 1 amide bonds. The Morgan fingerprint density at radius 2 is 1.82 bits per heavy atom. The van der Waals surface area contributed by atoms with Crippen molar-refractivity contribution in [2.45, 2.75) is 38.3 Å². The Balaban J connectivity index is 1.11. The van der Waals surface area contributed by atoms with Crippen LogP contribution in [0.3, 0.4) is 0 Å². The number of carbonyl (C=O) groups excluding carboxylic acids is 1. The molecular weight excluding hydrogens is 436 g/mol. The number of piperidine rings is 1. The number of hydrogen-bond acceptors (Lipinski definition) is 4. The first-order valence-electron chi connectivity index (χ1n) is 12.5. The minimum atomic E-state index is -0.667. The van der Waals surface area contributed by atoms with Crippen molar-refractivity contribution in [2.24, 2.45) is 5.92 Å². The van der Waals surface area contributed by atoms with E-state index in [0.29, 0.717) is 25.6 Å². The first kappa shape index (κ1) is 23.2. The van der Waals surface area contributed by atoms with Gasteiger partial charge >= 0.3 is 0 Å². The van der Waals surface area contributed by atoms with Gasteiger partial charge in [0.1, 0.15) is 17.4 Å². The molecule has 3 aliphatic rings. The monoisotopic (exact) mass is 469 g/mol. The van der Waals surface area contributed by atoms with Gasteiger partial charge in [0.15, 0.2) is 0 Å². The largest absolute Gasteiger partial charge is 0.493 e. The number of ether oxygens (including phenoxy) is 1. The molecule has 3 fully saturated rings. The predicted octanol–water partition coefficient (Wildman–Crippen LogP) is 4.18. The summed E-state index contributed by atoms with van der Waals surface area (Å²) in [6.07, 6.45) is 4.59. The summed E-state index contributed by atoms with van der Waals surface area (Å²) >= 11 is 0. The van der Waals surface area contributed by atoms with Crippen LogP contribution in [0.5, 0.6) is 5.75 Å². The Labute approximate surface area is 200 Å². The molecule has 0 aromatic heterocycles. The quantitative estimate of drug-likeness (QED) is 0.636. The van der Waals surface area contributed by atoms with Crippen LogP contribution in [-0.2, 0) is 6.54 Å². The Kier molecular flexibility index (Phi) is 7.11. The van der Waals surface area contributed by atoms with Crippen LogP contribution >= 0.6 is 0 Å². The van der Waals surface area contributed by atoms with E-state index >= 15 is 0 Å². The molecule has 2 aromatic carbocycles. The third kappa shape index (κ3) is 5.41. The summed E-state index contributed by atoms with van der Waals surface area (Å²) in [6.45, 7) is 6.81. The summed E-state index contributed by atoms with van der Waals surface area (Å²) < 4.78 is 33.8. The van der Waals surface area contributed by atoms with Crippen molar-refractivity contribution in [3.63, 3.8) is 0 Å². The van der Waals surface area contributed by atoms with Crippen LogP contribution in [-0.4, -0.2) is 72.5 Å². The van der Waals surface area contributed by atoms with Gasteiger partial charge < -0.3 is 9.64 Å². The van der Waals surface area contributed by atoms with Crippen molar-refractivity contribution in [1.82, 2.24) is 14.7 Å². The average molecular weight is 470 g/mol. The number of halogens is 2. The number of rotatable bonds is 6. The molecule has 0 N–H and O–H groups in total. The normalized spacial score (nSPS) is 23.6. The van der Waals surface area contributed by atoms with E-state index in [4.69, 9.17) is 4.74 Å². The number of amides is 1. The first-order valence-corrected chi connectivity index (χ1v) is 12.5. The molecule has 0 saturated carbocycles. The van der Waals surface area contributed by atoms with E-state index in [2.05, 4.69) is 28.0 Å². The second-order valence-electron chi connectivity index (χ2n) is 9.91. The van der Waals surface area contributed by atoms with Crippen LogP contribution in [0.1, 0.15) is 41.6 Å². The first-order chi connectivity index (χ1) is 16.5. The van der Waals surface area contributed by atoms with Gasteiger partial charge in [-0.05, 0) is 74.7 Å². The summed E-state index contributed by atoms with van der Waals surface area (Å²) in [5, 5.41) is 0. The standard InChI is InChI=1S/C27H33F2N3O2/c28-22-7-9-26(29)25(15-22)27(33)32-13-12-31-17-21(6-8-23(31)18-32)19-34-24-5-3-4-20(14-24)16-30-10-1-2-11-30/h3-5,7,9,14-15,21,23H,1-2,6,8,10-13,16-19H2/t21-,23+/m1/s1. The molecule has 5 rings (SSSR count). The summed E-state index contributed by atoms with van der Waals surface area (Å²) in [6, 6.07) is 11.8. The van der Waals surface area contributed by atoms with Gasteiger partial charge in [0.25, 0.3) is 5.91 Å². The zero-order valence-electron chi connectivity index (χ0n) is 19.6. The Morgan fingerprint density at radius 3 is 2.68 bits per heavy atom. The van der Waals surface area contributed by atoms with E-state index in [1.165, 1.54) is 31.5 Å². The fourth-order valence-corrected chi connectivity index (χ4v) is 5.56. The molecule has 2 aromatic rings. The second kappa shape index (κ2) is 10.4. The van der Waals surface area contributed by atoms with E-state index in [1.54, 1.807) is 4.90 Å². The van der Waals surface area contributed by atoms with E-state index in [-0.39, 0.29) is 11.6 Å². The topological polar surface area (TPSA) is 36.0 Å². The molecular formula is C27H33F2N3O2. The van der Waals surface area contributed by atoms with Crippen LogP contribution in [0.15, 0.2) is 42.5 Å². The highest BCUT2D eigenvalue weighted by Gasteiger charge is 2.35. The molecule has 182 valence electrons. The number of carbonyl (C=O) groups is 1. The van der Waals surface area contributed by atoms with Crippen molar-refractivity contribution in [3.05, 3.63) is 65.2 Å². The molecule has 0 spiro atoms. The van der Waals surface area contributed by atoms with Crippen molar-refractivity contribution in [3.8, 4) is 5.75 Å². The number of piperazine rings is 1. The Bertz CT molecular complexity index is 1010. The number of fused-ring (bicyclic) bond motifs is 1. The minimum Gasteiger partial charge on any atom is -0.493 e. The zero-order chi connectivity index (χ0) is 23.5. The van der Waals surface area contributed by atoms with Gasteiger partial charge in [-0.2, -0.15) is 0 Å². The number of nitrogens with zero attached hydrogens (tertiary/aromatic N) is 3. The maximum atomic E-state index is 14.1. The molecule has 3 aliphatic heterocycles. The molecule has 0 radical (unpaired) electrons. The highest BCUT2D eigenvalue weighted by atomic mass is 19.1. The van der Waals surface area contributed by atoms with E-state index in [1.807, 2.05) is 6.07 Å². The van der Waals surface area contributed by atoms with Crippen LogP contribution < -0.4 is 4.74 Å². The molecule has 0 aliphatic carbocycles. The van der Waals surface area contributed by atoms with Gasteiger partial charge in [0.05, 0.1) is 12.2 Å². The molecule has 7 heteroatoms. The highest BCUT2D eigenvalue weighted by molar-refractivity contribution is 5.94. The number of benzene rings is 2. The Hall–Kier alpha value is -2.51. The molecule has 3 heterocycles. The number of hydrogen-bond donors (Lipinski definition) is 0. The molecule has 5 nitrogen and oxygen atoms in total. The van der Waals surface area contributed by atoms with Crippen LogP contribution in [0, 0.1) is 17.6 Å². The maximum Gasteiger partial charge on any atom is 0.257 e. The van der Waals surface area contributed by atoms with Crippen LogP contribution in [0.25, 0.3) is 0 Å². The van der Waals surface area contributed by atoms with E-state index in [0.717, 1.165) is 56.4 Å². The second-order valence-corrected chi connectivity index (χ2v) is 9.91. The van der Waals surface area contributed by atoms with Crippen molar-refractivity contribution in [1.29, 1.82) is 0 Å². The van der Waals surface area contributed by atoms with Gasteiger partial charge in [-0.1, -0.05) is 12.1 Å². The summed E-state index contributed by atoms with van der Waals surface area (Å²) in [4.78, 5) is 19.4.